The third-order valence-corrected chi connectivity index (χ3v) is 1.80. The van der Waals surface area contributed by atoms with Crippen molar-refractivity contribution in [1.29, 1.82) is 0 Å². The largest absolute Gasteiger partial charge is 0.337 e. The molecule has 1 heterocycles. The highest BCUT2D eigenvalue weighted by atomic mass is 16.7. The highest BCUT2D eigenvalue weighted by molar-refractivity contribution is 5.49. The van der Waals surface area contributed by atoms with Crippen LogP contribution in [0, 0.1) is 12.3 Å². The zero-order chi connectivity index (χ0) is 8.86. The monoisotopic (exact) mass is 168 g/mol. The average molecular weight is 168 g/mol. The Morgan fingerprint density at radius 1 is 1.50 bits per heavy atom. The lowest BCUT2D eigenvalue weighted by Gasteiger charge is -2.19. The summed E-state index contributed by atoms with van der Waals surface area (Å²) in [5, 5.41) is 0. The lowest BCUT2D eigenvalue weighted by Crippen LogP contribution is -2.27. The highest BCUT2D eigenvalue weighted by Crippen LogP contribution is 2.24. The molecule has 1 aliphatic heterocycles. The second-order valence-corrected chi connectivity index (χ2v) is 2.65. The number of carbonyl (C=O) groups is 1. The molecule has 0 atom stereocenters. The molecular formula is C9H12O3. The normalized spacial score (nSPS) is 20.2. The molecule has 0 aromatic carbocycles. The van der Waals surface area contributed by atoms with E-state index in [0.29, 0.717) is 32.5 Å². The maximum absolute atomic E-state index is 10.0. The first-order valence-electron chi connectivity index (χ1n) is 4.02. The molecule has 0 aliphatic carbocycles. The van der Waals surface area contributed by atoms with Gasteiger partial charge in [0, 0.05) is 12.8 Å². The van der Waals surface area contributed by atoms with Crippen LogP contribution in [0.25, 0.3) is 0 Å². The Morgan fingerprint density at radius 2 is 2.17 bits per heavy atom. The summed E-state index contributed by atoms with van der Waals surface area (Å²) in [5.41, 5.74) is 0. The van der Waals surface area contributed by atoms with Crippen molar-refractivity contribution >= 4 is 6.29 Å². The zero-order valence-corrected chi connectivity index (χ0v) is 6.91. The second-order valence-electron chi connectivity index (χ2n) is 2.65. The van der Waals surface area contributed by atoms with E-state index < -0.39 is 5.79 Å². The molecule has 0 spiro atoms. The molecule has 0 bridgehead atoms. The van der Waals surface area contributed by atoms with E-state index in [1.165, 1.54) is 0 Å². The van der Waals surface area contributed by atoms with Gasteiger partial charge in [-0.15, -0.1) is 6.42 Å². The summed E-state index contributed by atoms with van der Waals surface area (Å²) >= 11 is 0. The molecule has 0 radical (unpaired) electrons. The van der Waals surface area contributed by atoms with E-state index in [-0.39, 0.29) is 0 Å². The van der Waals surface area contributed by atoms with Gasteiger partial charge in [0.15, 0.2) is 0 Å². The number of carbonyl (C=O) groups excluding carboxylic acids is 1. The van der Waals surface area contributed by atoms with E-state index in [1.807, 2.05) is 0 Å². The summed E-state index contributed by atoms with van der Waals surface area (Å²) in [4.78, 5) is 10.0. The Hall–Kier alpha value is -0.850. The smallest absolute Gasteiger partial charge is 0.233 e. The van der Waals surface area contributed by atoms with Crippen LogP contribution in [0.3, 0.4) is 0 Å². The van der Waals surface area contributed by atoms with Crippen molar-refractivity contribution in [2.75, 3.05) is 13.2 Å². The number of ether oxygens (including phenoxy) is 2. The van der Waals surface area contributed by atoms with Crippen molar-refractivity contribution in [3.63, 3.8) is 0 Å². The van der Waals surface area contributed by atoms with Gasteiger partial charge in [0.05, 0.1) is 13.2 Å². The van der Waals surface area contributed by atoms with Gasteiger partial charge in [-0.25, -0.2) is 0 Å². The van der Waals surface area contributed by atoms with Crippen molar-refractivity contribution < 1.29 is 14.3 Å². The fourth-order valence-corrected chi connectivity index (χ4v) is 1.17. The number of aldehydes is 1. The molecule has 0 saturated carbocycles. The summed E-state index contributed by atoms with van der Waals surface area (Å²) in [7, 11) is 0. The third-order valence-electron chi connectivity index (χ3n) is 1.80. The number of unbranched alkanes of at least 4 members (excludes halogenated alkanes) is 1. The number of rotatable bonds is 4. The SMILES string of the molecule is C#CC1(CCCC=O)OCCO1. The fourth-order valence-electron chi connectivity index (χ4n) is 1.17. The Bertz CT molecular complexity index is 186. The van der Waals surface area contributed by atoms with Crippen LogP contribution >= 0.6 is 0 Å². The lowest BCUT2D eigenvalue weighted by molar-refractivity contribution is -0.116. The minimum Gasteiger partial charge on any atom is -0.337 e. The van der Waals surface area contributed by atoms with Gasteiger partial charge in [0.2, 0.25) is 5.79 Å². The van der Waals surface area contributed by atoms with Crippen LogP contribution in [-0.2, 0) is 14.3 Å². The summed E-state index contributed by atoms with van der Waals surface area (Å²) in [5.74, 6) is 1.63. The lowest BCUT2D eigenvalue weighted by atomic mass is 10.1. The molecule has 0 aromatic rings. The maximum atomic E-state index is 10.0. The van der Waals surface area contributed by atoms with Gasteiger partial charge >= 0.3 is 0 Å². The summed E-state index contributed by atoms with van der Waals surface area (Å²) < 4.78 is 10.5. The molecule has 66 valence electrons. The standard InChI is InChI=1S/C9H12O3/c1-2-9(5-3-4-6-10)11-7-8-12-9/h1,6H,3-5,7-8H2. The summed E-state index contributed by atoms with van der Waals surface area (Å²) in [6.07, 6.45) is 7.96. The summed E-state index contributed by atoms with van der Waals surface area (Å²) in [6.45, 7) is 1.09. The van der Waals surface area contributed by atoms with E-state index in [2.05, 4.69) is 5.92 Å². The first-order valence-corrected chi connectivity index (χ1v) is 4.02. The molecule has 0 N–H and O–H groups in total. The van der Waals surface area contributed by atoms with Crippen LogP contribution in [0.5, 0.6) is 0 Å². The van der Waals surface area contributed by atoms with Gasteiger partial charge in [-0.3, -0.25) is 0 Å². The van der Waals surface area contributed by atoms with Crippen molar-refractivity contribution in [3.8, 4) is 12.3 Å². The maximum Gasteiger partial charge on any atom is 0.233 e. The van der Waals surface area contributed by atoms with Crippen LogP contribution in [0.4, 0.5) is 0 Å². The molecule has 3 heteroatoms. The molecule has 1 fully saturated rings. The van der Waals surface area contributed by atoms with Crippen LogP contribution < -0.4 is 0 Å². The molecule has 1 aliphatic rings. The van der Waals surface area contributed by atoms with Crippen LogP contribution in [0.15, 0.2) is 0 Å². The quantitative estimate of drug-likeness (QED) is 0.352. The van der Waals surface area contributed by atoms with Gasteiger partial charge in [-0.2, -0.15) is 0 Å². The van der Waals surface area contributed by atoms with Crippen LogP contribution in [0.1, 0.15) is 19.3 Å². The minimum absolute atomic E-state index is 0.510. The van der Waals surface area contributed by atoms with Crippen LogP contribution in [-0.4, -0.2) is 25.3 Å². The molecule has 0 aromatic heterocycles. The predicted molar refractivity (Wildman–Crippen MR) is 43.4 cm³/mol. The topological polar surface area (TPSA) is 35.5 Å². The van der Waals surface area contributed by atoms with Crippen molar-refractivity contribution in [3.05, 3.63) is 0 Å². The Kier molecular flexibility index (Phi) is 3.27. The first-order chi connectivity index (χ1) is 5.83. The molecule has 1 saturated heterocycles. The number of hydrogen-bond acceptors (Lipinski definition) is 3. The van der Waals surface area contributed by atoms with Gasteiger partial charge in [0.25, 0.3) is 0 Å². The highest BCUT2D eigenvalue weighted by Gasteiger charge is 2.33. The number of terminal acetylenes is 1. The fraction of sp³-hybridized carbons (Fsp3) is 0.667. The molecule has 12 heavy (non-hydrogen) atoms. The molecule has 0 amide bonds. The Labute approximate surface area is 72.0 Å². The third kappa shape index (κ3) is 2.07. The molecular weight excluding hydrogens is 156 g/mol. The second kappa shape index (κ2) is 4.24. The van der Waals surface area contributed by atoms with Crippen LogP contribution in [0.2, 0.25) is 0 Å². The minimum atomic E-state index is -0.844. The molecule has 0 unspecified atom stereocenters. The van der Waals surface area contributed by atoms with Gasteiger partial charge in [0.1, 0.15) is 6.29 Å². The van der Waals surface area contributed by atoms with E-state index in [4.69, 9.17) is 15.9 Å². The Morgan fingerprint density at radius 3 is 2.67 bits per heavy atom. The average Bonchev–Trinajstić information content (AvgIpc) is 2.55. The van der Waals surface area contributed by atoms with E-state index in [9.17, 15) is 4.79 Å². The van der Waals surface area contributed by atoms with E-state index >= 15 is 0 Å². The predicted octanol–water partition coefficient (Wildman–Crippen LogP) is 0.732. The van der Waals surface area contributed by atoms with Crippen molar-refractivity contribution in [1.82, 2.24) is 0 Å². The van der Waals surface area contributed by atoms with Gasteiger partial charge in [-0.1, -0.05) is 0 Å². The van der Waals surface area contributed by atoms with Crippen molar-refractivity contribution in [2.45, 2.75) is 25.0 Å². The number of hydrogen-bond donors (Lipinski definition) is 0. The molecule has 3 nitrogen and oxygen atoms in total. The van der Waals surface area contributed by atoms with Crippen molar-refractivity contribution in [2.24, 2.45) is 0 Å². The molecule has 1 rings (SSSR count). The first kappa shape index (κ1) is 9.24. The van der Waals surface area contributed by atoms with Gasteiger partial charge < -0.3 is 14.3 Å². The zero-order valence-electron chi connectivity index (χ0n) is 6.91. The Balaban J connectivity index is 2.35. The van der Waals surface area contributed by atoms with Gasteiger partial charge in [-0.05, 0) is 12.3 Å². The van der Waals surface area contributed by atoms with E-state index in [0.717, 1.165) is 6.29 Å². The van der Waals surface area contributed by atoms with E-state index in [1.54, 1.807) is 0 Å². The summed E-state index contributed by atoms with van der Waals surface area (Å²) in [6, 6.07) is 0.